The summed E-state index contributed by atoms with van der Waals surface area (Å²) < 4.78 is 0. The molecular weight excluding hydrogens is 248 g/mol. The highest BCUT2D eigenvalue weighted by molar-refractivity contribution is 5.13. The van der Waals surface area contributed by atoms with Crippen molar-refractivity contribution in [2.45, 2.75) is 38.4 Å². The molecule has 0 saturated carbocycles. The molecule has 1 aromatic rings. The number of rotatable bonds is 3. The Morgan fingerprint density at radius 3 is 2.95 bits per heavy atom. The number of nitrogens with zero attached hydrogens (tertiary/aromatic N) is 3. The Morgan fingerprint density at radius 1 is 1.30 bits per heavy atom. The van der Waals surface area contributed by atoms with E-state index in [0.717, 1.165) is 24.1 Å². The Labute approximate surface area is 122 Å². The Kier molecular flexibility index (Phi) is 4.34. The zero-order valence-corrected chi connectivity index (χ0v) is 12.5. The molecule has 2 aliphatic heterocycles. The number of aromatic nitrogens is 1. The third kappa shape index (κ3) is 3.03. The first kappa shape index (κ1) is 14.0. The first-order chi connectivity index (χ1) is 9.76. The van der Waals surface area contributed by atoms with Gasteiger partial charge in [-0.25, -0.2) is 0 Å². The topological polar surface area (TPSA) is 45.4 Å². The molecule has 20 heavy (non-hydrogen) atoms. The lowest BCUT2D eigenvalue weighted by atomic mass is 9.84. The first-order valence-corrected chi connectivity index (χ1v) is 7.82. The highest BCUT2D eigenvalue weighted by Crippen LogP contribution is 2.29. The lowest BCUT2D eigenvalue weighted by molar-refractivity contribution is 0.0350. The normalized spacial score (nSPS) is 28.3. The monoisotopic (exact) mass is 274 g/mol. The molecule has 3 heterocycles. The van der Waals surface area contributed by atoms with Crippen LogP contribution in [0.1, 0.15) is 30.5 Å². The summed E-state index contributed by atoms with van der Waals surface area (Å²) in [6, 6.07) is 5.04. The highest BCUT2D eigenvalue weighted by Gasteiger charge is 2.34. The van der Waals surface area contributed by atoms with E-state index in [9.17, 15) is 0 Å². The van der Waals surface area contributed by atoms with Crippen molar-refractivity contribution in [3.63, 3.8) is 0 Å². The van der Waals surface area contributed by atoms with Gasteiger partial charge in [-0.1, -0.05) is 6.07 Å². The molecule has 0 amide bonds. The Morgan fingerprint density at radius 2 is 2.20 bits per heavy atom. The zero-order valence-electron chi connectivity index (χ0n) is 12.5. The van der Waals surface area contributed by atoms with Crippen LogP contribution in [-0.2, 0) is 13.1 Å². The van der Waals surface area contributed by atoms with Gasteiger partial charge in [0.1, 0.15) is 0 Å². The predicted molar refractivity (Wildman–Crippen MR) is 81.2 cm³/mol. The summed E-state index contributed by atoms with van der Waals surface area (Å²) >= 11 is 0. The molecule has 4 nitrogen and oxygen atoms in total. The minimum Gasteiger partial charge on any atom is -0.326 e. The van der Waals surface area contributed by atoms with E-state index in [2.05, 4.69) is 34.0 Å². The van der Waals surface area contributed by atoms with E-state index in [1.165, 1.54) is 44.6 Å². The number of fused-ring (bicyclic) bond motifs is 1. The van der Waals surface area contributed by atoms with Crippen molar-refractivity contribution >= 4 is 0 Å². The van der Waals surface area contributed by atoms with Gasteiger partial charge in [0.2, 0.25) is 0 Å². The summed E-state index contributed by atoms with van der Waals surface area (Å²) in [5.41, 5.74) is 7.90. The van der Waals surface area contributed by atoms with Gasteiger partial charge >= 0.3 is 0 Å². The van der Waals surface area contributed by atoms with Crippen molar-refractivity contribution in [2.24, 2.45) is 11.7 Å². The second-order valence-corrected chi connectivity index (χ2v) is 6.34. The van der Waals surface area contributed by atoms with Crippen molar-refractivity contribution in [3.8, 4) is 0 Å². The second kappa shape index (κ2) is 6.20. The van der Waals surface area contributed by atoms with Crippen molar-refractivity contribution in [2.75, 3.05) is 26.7 Å². The third-order valence-electron chi connectivity index (χ3n) is 4.94. The van der Waals surface area contributed by atoms with E-state index in [4.69, 9.17) is 5.73 Å². The molecule has 2 unspecified atom stereocenters. The van der Waals surface area contributed by atoms with Crippen molar-refractivity contribution < 1.29 is 0 Å². The molecule has 2 fully saturated rings. The van der Waals surface area contributed by atoms with Crippen molar-refractivity contribution in [3.05, 3.63) is 29.6 Å². The van der Waals surface area contributed by atoms with E-state index in [0.29, 0.717) is 6.54 Å². The molecule has 2 saturated heterocycles. The second-order valence-electron chi connectivity index (χ2n) is 6.34. The fourth-order valence-corrected chi connectivity index (χ4v) is 3.77. The van der Waals surface area contributed by atoms with Crippen LogP contribution in [0.2, 0.25) is 0 Å². The average Bonchev–Trinajstić information content (AvgIpc) is 2.48. The molecule has 110 valence electrons. The molecule has 0 spiro atoms. The van der Waals surface area contributed by atoms with Crippen LogP contribution in [0.15, 0.2) is 18.3 Å². The van der Waals surface area contributed by atoms with Crippen LogP contribution < -0.4 is 5.73 Å². The summed E-state index contributed by atoms with van der Waals surface area (Å²) in [7, 11) is 2.29. The number of hydrogen-bond acceptors (Lipinski definition) is 4. The number of likely N-dealkylation sites (tertiary alicyclic amines) is 2. The first-order valence-electron chi connectivity index (χ1n) is 7.82. The van der Waals surface area contributed by atoms with Gasteiger partial charge in [-0.3, -0.25) is 9.88 Å². The fourth-order valence-electron chi connectivity index (χ4n) is 3.77. The van der Waals surface area contributed by atoms with Crippen LogP contribution in [0.25, 0.3) is 0 Å². The van der Waals surface area contributed by atoms with Crippen LogP contribution >= 0.6 is 0 Å². The number of hydrogen-bond donors (Lipinski definition) is 1. The van der Waals surface area contributed by atoms with E-state index < -0.39 is 0 Å². The molecule has 0 aliphatic carbocycles. The van der Waals surface area contributed by atoms with E-state index in [-0.39, 0.29) is 0 Å². The number of pyridine rings is 1. The zero-order chi connectivity index (χ0) is 13.9. The summed E-state index contributed by atoms with van der Waals surface area (Å²) in [5.74, 6) is 0.853. The Hall–Kier alpha value is -0.970. The molecule has 3 rings (SSSR count). The van der Waals surface area contributed by atoms with Gasteiger partial charge in [0.25, 0.3) is 0 Å². The minimum absolute atomic E-state index is 0.576. The largest absolute Gasteiger partial charge is 0.326 e. The van der Waals surface area contributed by atoms with Gasteiger partial charge in [-0.2, -0.15) is 0 Å². The van der Waals surface area contributed by atoms with Crippen LogP contribution in [0.3, 0.4) is 0 Å². The van der Waals surface area contributed by atoms with Gasteiger partial charge in [0, 0.05) is 38.4 Å². The molecular formula is C16H26N4. The van der Waals surface area contributed by atoms with Crippen LogP contribution in [-0.4, -0.2) is 47.5 Å². The predicted octanol–water partition coefficient (Wildman–Crippen LogP) is 1.46. The van der Waals surface area contributed by atoms with Gasteiger partial charge in [-0.05, 0) is 50.4 Å². The maximum atomic E-state index is 5.62. The van der Waals surface area contributed by atoms with Gasteiger partial charge < -0.3 is 10.6 Å². The molecule has 0 aromatic carbocycles. The highest BCUT2D eigenvalue weighted by atomic mass is 15.2. The van der Waals surface area contributed by atoms with E-state index >= 15 is 0 Å². The number of nitrogens with two attached hydrogens (primary N) is 1. The fraction of sp³-hybridized carbons (Fsp3) is 0.688. The molecule has 1 aromatic heterocycles. The SMILES string of the molecule is CN1CCCC2CN(Cc3ccc(CN)cn3)CCC21. The lowest BCUT2D eigenvalue weighted by Gasteiger charge is -2.46. The summed E-state index contributed by atoms with van der Waals surface area (Å²) in [6.07, 6.45) is 5.97. The average molecular weight is 274 g/mol. The molecule has 0 bridgehead atoms. The smallest absolute Gasteiger partial charge is 0.0544 e. The maximum Gasteiger partial charge on any atom is 0.0544 e. The van der Waals surface area contributed by atoms with Gasteiger partial charge in [0.05, 0.1) is 5.69 Å². The summed E-state index contributed by atoms with van der Waals surface area (Å²) in [6.45, 7) is 5.27. The van der Waals surface area contributed by atoms with Crippen LogP contribution in [0.4, 0.5) is 0 Å². The molecule has 2 atom stereocenters. The summed E-state index contributed by atoms with van der Waals surface area (Å²) in [4.78, 5) is 9.67. The number of piperidine rings is 2. The van der Waals surface area contributed by atoms with Gasteiger partial charge in [0.15, 0.2) is 0 Å². The summed E-state index contributed by atoms with van der Waals surface area (Å²) in [5, 5.41) is 0. The maximum absolute atomic E-state index is 5.62. The van der Waals surface area contributed by atoms with Gasteiger partial charge in [-0.15, -0.1) is 0 Å². The Balaban J connectivity index is 1.58. The van der Waals surface area contributed by atoms with Crippen LogP contribution in [0, 0.1) is 5.92 Å². The lowest BCUT2D eigenvalue weighted by Crippen LogP contribution is -2.52. The molecule has 2 aliphatic rings. The van der Waals surface area contributed by atoms with Crippen molar-refractivity contribution in [1.82, 2.24) is 14.8 Å². The minimum atomic E-state index is 0.576. The van der Waals surface area contributed by atoms with Crippen LogP contribution in [0.5, 0.6) is 0 Å². The van der Waals surface area contributed by atoms with E-state index in [1.807, 2.05) is 6.20 Å². The Bertz CT molecular complexity index is 431. The quantitative estimate of drug-likeness (QED) is 0.906. The van der Waals surface area contributed by atoms with E-state index in [1.54, 1.807) is 0 Å². The molecule has 2 N–H and O–H groups in total. The molecule has 0 radical (unpaired) electrons. The standard InChI is InChI=1S/C16H26N4/c1-19-7-2-3-14-11-20(8-6-16(14)19)12-15-5-4-13(9-17)10-18-15/h4-5,10,14,16H,2-3,6-9,11-12,17H2,1H3. The third-order valence-corrected chi connectivity index (χ3v) is 4.94. The van der Waals surface area contributed by atoms with Crippen molar-refractivity contribution in [1.29, 1.82) is 0 Å². The molecule has 4 heteroatoms.